The van der Waals surface area contributed by atoms with Crippen LogP contribution >= 0.6 is 0 Å². The van der Waals surface area contributed by atoms with E-state index in [1.165, 1.54) is 36.9 Å². The van der Waals surface area contributed by atoms with Crippen LogP contribution in [0.25, 0.3) is 0 Å². The molecule has 0 amide bonds. The number of aliphatic imine (C=N–C) groups is 1. The van der Waals surface area contributed by atoms with Gasteiger partial charge in [-0.1, -0.05) is 26.7 Å². The quantitative estimate of drug-likeness (QED) is 0.406. The van der Waals surface area contributed by atoms with Crippen molar-refractivity contribution in [3.05, 3.63) is 17.5 Å². The van der Waals surface area contributed by atoms with Crippen molar-refractivity contribution in [3.63, 3.8) is 0 Å². The lowest BCUT2D eigenvalue weighted by Crippen LogP contribution is -2.44. The summed E-state index contributed by atoms with van der Waals surface area (Å²) in [5, 5.41) is 8.27. The van der Waals surface area contributed by atoms with Crippen molar-refractivity contribution in [1.82, 2.24) is 20.0 Å². The molecule has 1 aliphatic carbocycles. The van der Waals surface area contributed by atoms with Crippen LogP contribution in [0.1, 0.15) is 70.1 Å². The second-order valence-corrected chi connectivity index (χ2v) is 8.28. The van der Waals surface area contributed by atoms with Crippen LogP contribution in [0.15, 0.2) is 11.2 Å². The molecule has 0 spiro atoms. The number of ether oxygens (including phenoxy) is 1. The molecular formula is C21H39N5O. The molecule has 1 aromatic heterocycles. The number of rotatable bonds is 9. The fourth-order valence-electron chi connectivity index (χ4n) is 4.22. The summed E-state index contributed by atoms with van der Waals surface area (Å²) in [7, 11) is 5.96. The Morgan fingerprint density at radius 2 is 2.11 bits per heavy atom. The minimum absolute atomic E-state index is 0.351. The predicted octanol–water partition coefficient (Wildman–Crippen LogP) is 3.54. The lowest BCUT2D eigenvalue weighted by molar-refractivity contribution is 0.104. The van der Waals surface area contributed by atoms with Gasteiger partial charge in [-0.3, -0.25) is 9.67 Å². The Morgan fingerprint density at radius 1 is 1.41 bits per heavy atom. The molecule has 6 nitrogen and oxygen atoms in total. The van der Waals surface area contributed by atoms with E-state index in [1.807, 2.05) is 18.8 Å². The number of guanidine groups is 1. The van der Waals surface area contributed by atoms with Crippen LogP contribution in [0.2, 0.25) is 0 Å². The van der Waals surface area contributed by atoms with Crippen LogP contribution in [0.3, 0.4) is 0 Å². The van der Waals surface area contributed by atoms with E-state index in [-0.39, 0.29) is 0 Å². The Bertz CT molecular complexity index is 602. The van der Waals surface area contributed by atoms with E-state index in [2.05, 4.69) is 54.3 Å². The molecule has 0 atom stereocenters. The van der Waals surface area contributed by atoms with Crippen LogP contribution in [0.5, 0.6) is 0 Å². The molecule has 154 valence electrons. The minimum Gasteiger partial charge on any atom is -0.382 e. The van der Waals surface area contributed by atoms with Crippen LogP contribution in [-0.2, 0) is 18.3 Å². The molecule has 0 saturated heterocycles. The van der Waals surface area contributed by atoms with E-state index in [0.717, 1.165) is 38.7 Å². The molecule has 1 aromatic rings. The van der Waals surface area contributed by atoms with Gasteiger partial charge < -0.3 is 15.0 Å². The highest BCUT2D eigenvalue weighted by atomic mass is 16.5. The van der Waals surface area contributed by atoms with Crippen molar-refractivity contribution in [1.29, 1.82) is 0 Å². The Balaban J connectivity index is 1.97. The van der Waals surface area contributed by atoms with Crippen molar-refractivity contribution in [3.8, 4) is 0 Å². The predicted molar refractivity (Wildman–Crippen MR) is 112 cm³/mol. The molecule has 0 radical (unpaired) electrons. The van der Waals surface area contributed by atoms with E-state index < -0.39 is 0 Å². The smallest absolute Gasteiger partial charge is 0.193 e. The van der Waals surface area contributed by atoms with E-state index in [4.69, 9.17) is 4.74 Å². The van der Waals surface area contributed by atoms with Crippen LogP contribution in [0, 0.1) is 5.41 Å². The van der Waals surface area contributed by atoms with Gasteiger partial charge in [0.15, 0.2) is 5.96 Å². The van der Waals surface area contributed by atoms with Gasteiger partial charge in [-0.05, 0) is 37.5 Å². The minimum atomic E-state index is 0.351. The number of hydrogen-bond donors (Lipinski definition) is 1. The van der Waals surface area contributed by atoms with Gasteiger partial charge in [0.25, 0.3) is 0 Å². The molecule has 6 heteroatoms. The maximum absolute atomic E-state index is 5.64. The average Bonchev–Trinajstić information content (AvgIpc) is 3.23. The fraction of sp³-hybridized carbons (Fsp3) is 0.810. The molecule has 1 fully saturated rings. The van der Waals surface area contributed by atoms with Gasteiger partial charge in [0.1, 0.15) is 0 Å². The summed E-state index contributed by atoms with van der Waals surface area (Å²) >= 11 is 0. The van der Waals surface area contributed by atoms with Crippen molar-refractivity contribution in [2.75, 3.05) is 33.9 Å². The third kappa shape index (κ3) is 5.96. The molecule has 0 bridgehead atoms. The molecule has 2 rings (SSSR count). The molecule has 0 aliphatic heterocycles. The Kier molecular flexibility index (Phi) is 8.14. The second-order valence-electron chi connectivity index (χ2n) is 8.28. The van der Waals surface area contributed by atoms with Crippen LogP contribution in [-0.4, -0.2) is 54.5 Å². The molecule has 1 N–H and O–H groups in total. The lowest BCUT2D eigenvalue weighted by Gasteiger charge is -2.32. The third-order valence-corrected chi connectivity index (χ3v) is 5.73. The highest BCUT2D eigenvalue weighted by molar-refractivity contribution is 5.79. The summed E-state index contributed by atoms with van der Waals surface area (Å²) in [5.74, 6) is 1.38. The van der Waals surface area contributed by atoms with E-state index in [1.54, 1.807) is 0 Å². The molecular weight excluding hydrogens is 338 g/mol. The molecule has 1 heterocycles. The Hall–Kier alpha value is -1.56. The summed E-state index contributed by atoms with van der Waals surface area (Å²) in [6.07, 6.45) is 8.49. The molecule has 1 saturated carbocycles. The highest BCUT2D eigenvalue weighted by Gasteiger charge is 2.33. The number of nitrogens with one attached hydrogen (secondary N) is 1. The topological polar surface area (TPSA) is 54.7 Å². The Labute approximate surface area is 165 Å². The van der Waals surface area contributed by atoms with Gasteiger partial charge in [0, 0.05) is 59.2 Å². The first kappa shape index (κ1) is 21.7. The standard InChI is InChI=1S/C21H39N5O/c1-7-27-13-12-21(10-8-9-11-21)16-23-20(22-4)25(5)14-18-15-26(6)24-19(18)17(2)3/h15,17H,7-14,16H2,1-6H3,(H,22,23). The van der Waals surface area contributed by atoms with Crippen molar-refractivity contribution in [2.24, 2.45) is 17.5 Å². The first-order valence-corrected chi connectivity index (χ1v) is 10.4. The first-order valence-electron chi connectivity index (χ1n) is 10.4. The van der Waals surface area contributed by atoms with Gasteiger partial charge in [0.2, 0.25) is 0 Å². The van der Waals surface area contributed by atoms with Crippen LogP contribution < -0.4 is 5.32 Å². The normalized spacial score (nSPS) is 16.9. The third-order valence-electron chi connectivity index (χ3n) is 5.73. The molecule has 1 aliphatic rings. The zero-order valence-corrected chi connectivity index (χ0v) is 18.2. The maximum atomic E-state index is 5.64. The highest BCUT2D eigenvalue weighted by Crippen LogP contribution is 2.40. The SMILES string of the molecule is CCOCCC1(CNC(=NC)N(C)Cc2cn(C)nc2C(C)C)CCCC1. The zero-order valence-electron chi connectivity index (χ0n) is 18.2. The molecule has 27 heavy (non-hydrogen) atoms. The van der Waals surface area contributed by atoms with Gasteiger partial charge in [0.05, 0.1) is 5.69 Å². The summed E-state index contributed by atoms with van der Waals surface area (Å²) in [4.78, 5) is 6.73. The Morgan fingerprint density at radius 3 is 2.70 bits per heavy atom. The zero-order chi connectivity index (χ0) is 19.9. The van der Waals surface area contributed by atoms with E-state index in [9.17, 15) is 0 Å². The number of hydrogen-bond acceptors (Lipinski definition) is 3. The summed E-state index contributed by atoms with van der Waals surface area (Å²) < 4.78 is 7.55. The average molecular weight is 378 g/mol. The first-order chi connectivity index (χ1) is 12.9. The van der Waals surface area contributed by atoms with Crippen molar-refractivity contribution in [2.45, 2.75) is 65.3 Å². The number of aryl methyl sites for hydroxylation is 1. The number of aromatic nitrogens is 2. The van der Waals surface area contributed by atoms with Gasteiger partial charge in [-0.15, -0.1) is 0 Å². The van der Waals surface area contributed by atoms with Gasteiger partial charge in [-0.2, -0.15) is 5.10 Å². The van der Waals surface area contributed by atoms with Gasteiger partial charge >= 0.3 is 0 Å². The van der Waals surface area contributed by atoms with Crippen molar-refractivity contribution < 1.29 is 4.74 Å². The van der Waals surface area contributed by atoms with Gasteiger partial charge in [-0.25, -0.2) is 0 Å². The van der Waals surface area contributed by atoms with Crippen LogP contribution in [0.4, 0.5) is 0 Å². The van der Waals surface area contributed by atoms with E-state index in [0.29, 0.717) is 11.3 Å². The molecule has 0 aromatic carbocycles. The summed E-state index contributed by atoms with van der Waals surface area (Å²) in [5.41, 5.74) is 2.79. The molecule has 0 unspecified atom stereocenters. The monoisotopic (exact) mass is 377 g/mol. The van der Waals surface area contributed by atoms with Crippen molar-refractivity contribution >= 4 is 5.96 Å². The largest absolute Gasteiger partial charge is 0.382 e. The second kappa shape index (κ2) is 10.1. The van der Waals surface area contributed by atoms with E-state index >= 15 is 0 Å². The summed E-state index contributed by atoms with van der Waals surface area (Å²) in [6.45, 7) is 9.91. The lowest BCUT2D eigenvalue weighted by atomic mass is 9.83. The summed E-state index contributed by atoms with van der Waals surface area (Å²) in [6, 6.07) is 0. The number of nitrogens with zero attached hydrogens (tertiary/aromatic N) is 4. The fourth-order valence-corrected chi connectivity index (χ4v) is 4.22. The maximum Gasteiger partial charge on any atom is 0.193 e.